The zero-order valence-electron chi connectivity index (χ0n) is 11.3. The van der Waals surface area contributed by atoms with E-state index in [1.165, 1.54) is 6.92 Å². The molecule has 0 aliphatic carbocycles. The highest BCUT2D eigenvalue weighted by Gasteiger charge is 2.41. The number of nitrogens with one attached hydrogen (secondary N) is 1. The van der Waals surface area contributed by atoms with Gasteiger partial charge >= 0.3 is 6.03 Å². The molecule has 3 N–H and O–H groups in total. The Labute approximate surface area is 101 Å². The number of hydrogen-bond acceptors (Lipinski definition) is 5. The molecule has 0 radical (unpaired) electrons. The highest BCUT2D eigenvalue weighted by atomic mass is 16.5. The van der Waals surface area contributed by atoms with Gasteiger partial charge in [0.1, 0.15) is 12.3 Å². The van der Waals surface area contributed by atoms with Crippen LogP contribution in [0.3, 0.4) is 0 Å². The van der Waals surface area contributed by atoms with Crippen LogP contribution in [0.5, 0.6) is 0 Å². The van der Waals surface area contributed by atoms with Crippen LogP contribution in [0, 0.1) is 5.89 Å². The highest BCUT2D eigenvalue weighted by Crippen LogP contribution is 2.25. The Morgan fingerprint density at radius 1 is 1.71 bits per heavy atom. The van der Waals surface area contributed by atoms with E-state index >= 15 is 0 Å². The minimum Gasteiger partial charge on any atom is -0.394 e. The number of urea groups is 1. The van der Waals surface area contributed by atoms with Crippen molar-refractivity contribution in [3.8, 4) is 0 Å². The lowest BCUT2D eigenvalue weighted by Crippen LogP contribution is -2.57. The number of rotatable bonds is 2. The van der Waals surface area contributed by atoms with Crippen molar-refractivity contribution >= 4 is 11.9 Å². The molecule has 0 aromatic heterocycles. The first kappa shape index (κ1) is 9.81. The second-order valence-electron chi connectivity index (χ2n) is 4.09. The summed E-state index contributed by atoms with van der Waals surface area (Å²) in [6, 6.07) is -0.828. The maximum Gasteiger partial charge on any atom is 0.326 e. The maximum absolute atomic E-state index is 11.8. The lowest BCUT2D eigenvalue weighted by atomic mass is 10.1. The molecule has 2 saturated heterocycles. The smallest absolute Gasteiger partial charge is 0.326 e. The van der Waals surface area contributed by atoms with Crippen molar-refractivity contribution in [3.63, 3.8) is 0 Å². The fraction of sp³-hybridized carbons (Fsp3) is 0.800. The summed E-state index contributed by atoms with van der Waals surface area (Å²) in [4.78, 5) is 24.2. The number of aliphatic hydroxyl groups is 2. The molecule has 2 aliphatic rings. The van der Waals surface area contributed by atoms with Crippen LogP contribution in [0.15, 0.2) is 0 Å². The molecule has 0 aromatic rings. The van der Waals surface area contributed by atoms with Crippen molar-refractivity contribution < 1.29 is 27.3 Å². The Morgan fingerprint density at radius 2 is 2.41 bits per heavy atom. The van der Waals surface area contributed by atoms with E-state index in [-0.39, 0.29) is 6.42 Å². The van der Waals surface area contributed by atoms with Gasteiger partial charge in [-0.1, -0.05) is 6.92 Å². The van der Waals surface area contributed by atoms with Crippen LogP contribution in [0.25, 0.3) is 0 Å². The molecule has 2 heterocycles. The highest BCUT2D eigenvalue weighted by molar-refractivity contribution is 5.97. The quantitative estimate of drug-likeness (QED) is 0.559. The first-order chi connectivity index (χ1) is 8.78. The van der Waals surface area contributed by atoms with Gasteiger partial charge in [-0.2, -0.15) is 0 Å². The molecule has 1 unspecified atom stereocenters. The fourth-order valence-electron chi connectivity index (χ4n) is 1.85. The van der Waals surface area contributed by atoms with E-state index in [0.29, 0.717) is 0 Å². The van der Waals surface area contributed by atoms with Crippen molar-refractivity contribution in [2.75, 3.05) is 13.1 Å². The standard InChI is InChI=1S/C10H16N2O5/c1-5-3-12(10(16)11-9(5)15)8-2-6(14)7(4-13)17-8/h5-8,13-14H,2-4H2,1H3,(H,11,15,16)/t5-,6+,7-,8-/m1/s1/i3D,5D/t3?,5-,6+,7-,8-. The minimum atomic E-state index is -1.82. The molecule has 0 saturated carbocycles. The van der Waals surface area contributed by atoms with E-state index in [1.807, 2.05) is 5.32 Å². The van der Waals surface area contributed by atoms with Crippen molar-refractivity contribution in [1.82, 2.24) is 10.2 Å². The number of ether oxygens (including phenoxy) is 1. The number of carbonyl (C=O) groups excluding carboxylic acids is 2. The molecule has 5 atom stereocenters. The van der Waals surface area contributed by atoms with Gasteiger partial charge in [0.25, 0.3) is 0 Å². The van der Waals surface area contributed by atoms with Crippen molar-refractivity contribution in [1.29, 1.82) is 0 Å². The van der Waals surface area contributed by atoms with Crippen LogP contribution in [0.4, 0.5) is 4.79 Å². The summed E-state index contributed by atoms with van der Waals surface area (Å²) >= 11 is 0. The van der Waals surface area contributed by atoms with Crippen LogP contribution in [-0.2, 0) is 9.53 Å². The molecule has 17 heavy (non-hydrogen) atoms. The van der Waals surface area contributed by atoms with Gasteiger partial charge in [0.2, 0.25) is 5.91 Å². The molecule has 0 spiro atoms. The summed E-state index contributed by atoms with van der Waals surface area (Å²) < 4.78 is 21.0. The van der Waals surface area contributed by atoms with E-state index in [1.54, 1.807) is 0 Å². The average Bonchev–Trinajstić information content (AvgIpc) is 2.68. The second-order valence-corrected chi connectivity index (χ2v) is 4.09. The van der Waals surface area contributed by atoms with E-state index in [2.05, 4.69) is 0 Å². The Hall–Kier alpha value is -1.18. The van der Waals surface area contributed by atoms with E-state index in [0.717, 1.165) is 4.90 Å². The number of carbonyl (C=O) groups is 2. The number of amides is 3. The Balaban J connectivity index is 2.20. The molecule has 7 nitrogen and oxygen atoms in total. The zero-order chi connectivity index (χ0) is 14.4. The summed E-state index contributed by atoms with van der Waals surface area (Å²) in [5.74, 6) is -2.66. The van der Waals surface area contributed by atoms with Gasteiger partial charge in [-0.3, -0.25) is 15.0 Å². The molecule has 0 aromatic carbocycles. The summed E-state index contributed by atoms with van der Waals surface area (Å²) in [6.07, 6.45) is -2.70. The number of imide groups is 1. The molecule has 2 aliphatic heterocycles. The van der Waals surface area contributed by atoms with Crippen LogP contribution >= 0.6 is 0 Å². The van der Waals surface area contributed by atoms with E-state index < -0.39 is 49.4 Å². The summed E-state index contributed by atoms with van der Waals surface area (Å²) in [5.41, 5.74) is 0. The predicted octanol–water partition coefficient (Wildman–Crippen LogP) is -1.36. The molecule has 7 heteroatoms. The van der Waals surface area contributed by atoms with Gasteiger partial charge in [0.15, 0.2) is 0 Å². The van der Waals surface area contributed by atoms with Crippen LogP contribution in [0.1, 0.15) is 16.1 Å². The lowest BCUT2D eigenvalue weighted by Gasteiger charge is -2.34. The number of aliphatic hydroxyl groups excluding tert-OH is 2. The van der Waals surface area contributed by atoms with Gasteiger partial charge < -0.3 is 14.9 Å². The topological polar surface area (TPSA) is 99.1 Å². The SMILES string of the molecule is [2H]C1N([C@H]2C[C@H](O)[C@@H](CO)O2)C(=O)NC(=O)[C@]1([2H])C. The van der Waals surface area contributed by atoms with E-state index in [9.17, 15) is 14.7 Å². The Morgan fingerprint density at radius 3 is 3.00 bits per heavy atom. The van der Waals surface area contributed by atoms with Crippen LogP contribution in [0.2, 0.25) is 0 Å². The normalized spacial score (nSPS) is 48.8. The monoisotopic (exact) mass is 246 g/mol. The predicted molar refractivity (Wildman–Crippen MR) is 55.8 cm³/mol. The summed E-state index contributed by atoms with van der Waals surface area (Å²) in [6.45, 7) is -0.621. The number of nitrogens with zero attached hydrogens (tertiary/aromatic N) is 1. The molecule has 3 amide bonds. The van der Waals surface area contributed by atoms with Gasteiger partial charge in [-0.25, -0.2) is 4.79 Å². The number of hydrogen-bond donors (Lipinski definition) is 3. The van der Waals surface area contributed by atoms with Gasteiger partial charge in [0, 0.05) is 14.3 Å². The third kappa shape index (κ3) is 2.26. The lowest BCUT2D eigenvalue weighted by molar-refractivity contribution is -0.128. The summed E-state index contributed by atoms with van der Waals surface area (Å²) in [7, 11) is 0. The van der Waals surface area contributed by atoms with Gasteiger partial charge in [0.05, 0.1) is 20.0 Å². The van der Waals surface area contributed by atoms with Gasteiger partial charge in [-0.05, 0) is 0 Å². The Kier molecular flexibility index (Phi) is 2.65. The average molecular weight is 246 g/mol. The van der Waals surface area contributed by atoms with Gasteiger partial charge in [-0.15, -0.1) is 0 Å². The third-order valence-corrected chi connectivity index (χ3v) is 2.84. The largest absolute Gasteiger partial charge is 0.394 e. The molecular formula is C10H16N2O5. The third-order valence-electron chi connectivity index (χ3n) is 2.84. The molecule has 96 valence electrons. The minimum absolute atomic E-state index is 0.0261. The van der Waals surface area contributed by atoms with Crippen molar-refractivity contribution in [3.05, 3.63) is 0 Å². The van der Waals surface area contributed by atoms with Crippen LogP contribution < -0.4 is 5.32 Å². The van der Waals surface area contributed by atoms with Crippen molar-refractivity contribution in [2.24, 2.45) is 5.89 Å². The maximum atomic E-state index is 11.8. The van der Waals surface area contributed by atoms with E-state index in [4.69, 9.17) is 12.6 Å². The first-order valence-electron chi connectivity index (χ1n) is 6.37. The second kappa shape index (κ2) is 4.59. The molecule has 0 bridgehead atoms. The fourth-order valence-corrected chi connectivity index (χ4v) is 1.85. The van der Waals surface area contributed by atoms with Crippen LogP contribution in [-0.4, -0.2) is 58.6 Å². The zero-order valence-corrected chi connectivity index (χ0v) is 9.29. The molecule has 2 fully saturated rings. The summed E-state index contributed by atoms with van der Waals surface area (Å²) in [5, 5.41) is 20.6. The Bertz CT molecular complexity index is 405. The van der Waals surface area contributed by atoms with Crippen molar-refractivity contribution in [2.45, 2.75) is 31.8 Å². The molecule has 2 rings (SSSR count). The molecular weight excluding hydrogens is 228 g/mol. The first-order valence-corrected chi connectivity index (χ1v) is 5.29.